The highest BCUT2D eigenvalue weighted by Crippen LogP contribution is 2.32. The molecule has 1 heterocycles. The van der Waals surface area contributed by atoms with Gasteiger partial charge in [0.1, 0.15) is 0 Å². The normalized spacial score (nSPS) is 20.5. The summed E-state index contributed by atoms with van der Waals surface area (Å²) in [5.41, 5.74) is 0.831. The minimum absolute atomic E-state index is 0.215. The summed E-state index contributed by atoms with van der Waals surface area (Å²) in [7, 11) is 0. The van der Waals surface area contributed by atoms with E-state index in [0.717, 1.165) is 5.56 Å². The van der Waals surface area contributed by atoms with Crippen LogP contribution in [-0.4, -0.2) is 53.7 Å². The first-order valence-corrected chi connectivity index (χ1v) is 8.74. The second-order valence-electron chi connectivity index (χ2n) is 5.49. The van der Waals surface area contributed by atoms with E-state index in [2.05, 4.69) is 10.6 Å². The van der Waals surface area contributed by atoms with Crippen LogP contribution >= 0.6 is 34.8 Å². The van der Waals surface area contributed by atoms with Crippen molar-refractivity contribution in [3.05, 3.63) is 33.8 Å². The predicted octanol–water partition coefficient (Wildman–Crippen LogP) is 3.37. The number of likely N-dealkylation sites (tertiary alicyclic amines) is 1. The Kier molecular flexibility index (Phi) is 6.83. The molecule has 1 aromatic rings. The van der Waals surface area contributed by atoms with E-state index in [1.54, 1.807) is 18.2 Å². The molecule has 0 radical (unpaired) electrons. The highest BCUT2D eigenvalue weighted by Gasteiger charge is 2.33. The van der Waals surface area contributed by atoms with E-state index in [4.69, 9.17) is 34.8 Å². The number of piperidine rings is 1. The van der Waals surface area contributed by atoms with Gasteiger partial charge in [0.15, 0.2) is 0 Å². The third-order valence-corrected chi connectivity index (χ3v) is 4.88. The molecule has 0 aromatic heterocycles. The van der Waals surface area contributed by atoms with Gasteiger partial charge in [-0.2, -0.15) is 0 Å². The molecular weight excluding hydrogens is 377 g/mol. The first-order valence-electron chi connectivity index (χ1n) is 7.45. The number of hydrogen-bond acceptors (Lipinski definition) is 2. The average molecular weight is 395 g/mol. The fourth-order valence-corrected chi connectivity index (χ4v) is 3.16. The Morgan fingerprint density at radius 3 is 2.67 bits per heavy atom. The quantitative estimate of drug-likeness (QED) is 0.685. The van der Waals surface area contributed by atoms with Gasteiger partial charge in [-0.05, 0) is 24.1 Å². The van der Waals surface area contributed by atoms with Crippen molar-refractivity contribution in [2.24, 2.45) is 0 Å². The van der Waals surface area contributed by atoms with Gasteiger partial charge in [-0.3, -0.25) is 0 Å². The lowest BCUT2D eigenvalue weighted by molar-refractivity contribution is 0.122. The second kappa shape index (κ2) is 8.65. The molecule has 6 nitrogen and oxygen atoms in total. The molecule has 24 heavy (non-hydrogen) atoms. The third kappa shape index (κ3) is 4.82. The van der Waals surface area contributed by atoms with Gasteiger partial charge < -0.3 is 20.6 Å². The Morgan fingerprint density at radius 1 is 1.29 bits per heavy atom. The third-order valence-electron chi connectivity index (χ3n) is 3.95. The van der Waals surface area contributed by atoms with Gasteiger partial charge in [-0.25, -0.2) is 9.59 Å². The highest BCUT2D eigenvalue weighted by molar-refractivity contribution is 6.42. The fraction of sp³-hybridized carbons (Fsp3) is 0.467. The van der Waals surface area contributed by atoms with E-state index < -0.39 is 6.09 Å². The Labute approximate surface area is 155 Å². The molecule has 0 spiro atoms. The van der Waals surface area contributed by atoms with Crippen molar-refractivity contribution in [3.63, 3.8) is 0 Å². The average Bonchev–Trinajstić information content (AvgIpc) is 2.55. The zero-order chi connectivity index (χ0) is 17.7. The minimum Gasteiger partial charge on any atom is -0.465 e. The van der Waals surface area contributed by atoms with E-state index in [1.165, 1.54) is 4.90 Å². The number of halogens is 3. The number of rotatable bonds is 4. The van der Waals surface area contributed by atoms with Crippen LogP contribution in [0.3, 0.4) is 0 Å². The smallest absolute Gasteiger partial charge is 0.407 e. The SMILES string of the molecule is O=C(NCCCl)N[C@@H]1CCN(C(=O)O)C[C@H]1c1ccc(Cl)c(Cl)c1. The van der Waals surface area contributed by atoms with E-state index in [0.29, 0.717) is 35.4 Å². The molecular formula is C15H18Cl3N3O3. The van der Waals surface area contributed by atoms with Crippen LogP contribution in [0.1, 0.15) is 17.9 Å². The van der Waals surface area contributed by atoms with E-state index in [9.17, 15) is 14.7 Å². The topological polar surface area (TPSA) is 81.7 Å². The molecule has 1 aliphatic heterocycles. The lowest BCUT2D eigenvalue weighted by atomic mass is 9.86. The van der Waals surface area contributed by atoms with Gasteiger partial charge in [-0.1, -0.05) is 29.3 Å². The van der Waals surface area contributed by atoms with Gasteiger partial charge in [0.2, 0.25) is 0 Å². The number of alkyl halides is 1. The Morgan fingerprint density at radius 2 is 2.04 bits per heavy atom. The van der Waals surface area contributed by atoms with Crippen LogP contribution in [0.4, 0.5) is 9.59 Å². The molecule has 9 heteroatoms. The van der Waals surface area contributed by atoms with Crippen molar-refractivity contribution in [1.29, 1.82) is 0 Å². The number of carbonyl (C=O) groups is 2. The van der Waals surface area contributed by atoms with Crippen LogP contribution in [0.5, 0.6) is 0 Å². The highest BCUT2D eigenvalue weighted by atomic mass is 35.5. The van der Waals surface area contributed by atoms with Gasteiger partial charge in [0.05, 0.1) is 10.0 Å². The van der Waals surface area contributed by atoms with Gasteiger partial charge in [0.25, 0.3) is 0 Å². The summed E-state index contributed by atoms with van der Waals surface area (Å²) in [6.45, 7) is 0.986. The molecule has 1 saturated heterocycles. The Hall–Kier alpha value is -1.37. The molecule has 3 amide bonds. The lowest BCUT2D eigenvalue weighted by Crippen LogP contribution is -2.53. The maximum atomic E-state index is 11.9. The largest absolute Gasteiger partial charge is 0.465 e. The minimum atomic E-state index is -0.981. The number of urea groups is 1. The van der Waals surface area contributed by atoms with Crippen LogP contribution in [0, 0.1) is 0 Å². The second-order valence-corrected chi connectivity index (χ2v) is 6.69. The zero-order valence-corrected chi connectivity index (χ0v) is 15.0. The van der Waals surface area contributed by atoms with Crippen LogP contribution < -0.4 is 10.6 Å². The van der Waals surface area contributed by atoms with Gasteiger partial charge >= 0.3 is 12.1 Å². The van der Waals surface area contributed by atoms with Crippen molar-refractivity contribution < 1.29 is 14.7 Å². The Balaban J connectivity index is 2.19. The lowest BCUT2D eigenvalue weighted by Gasteiger charge is -2.38. The van der Waals surface area contributed by atoms with Crippen LogP contribution in [-0.2, 0) is 0 Å². The van der Waals surface area contributed by atoms with Crippen molar-refractivity contribution in [3.8, 4) is 0 Å². The summed E-state index contributed by atoms with van der Waals surface area (Å²) < 4.78 is 0. The van der Waals surface area contributed by atoms with Gasteiger partial charge in [0, 0.05) is 37.5 Å². The predicted molar refractivity (Wildman–Crippen MR) is 94.5 cm³/mol. The standard InChI is InChI=1S/C15H18Cl3N3O3/c16-4-5-19-14(22)20-13-3-6-21(15(23)24)8-10(13)9-1-2-11(17)12(18)7-9/h1-2,7,10,13H,3-6,8H2,(H,23,24)(H2,19,20,22)/t10-,13+/m0/s1. The van der Waals surface area contributed by atoms with E-state index in [-0.39, 0.29) is 24.5 Å². The molecule has 132 valence electrons. The number of benzene rings is 1. The molecule has 2 rings (SSSR count). The van der Waals surface area contributed by atoms with Crippen molar-refractivity contribution >= 4 is 46.9 Å². The summed E-state index contributed by atoms with van der Waals surface area (Å²) >= 11 is 17.6. The summed E-state index contributed by atoms with van der Waals surface area (Å²) in [5, 5.41) is 15.6. The summed E-state index contributed by atoms with van der Waals surface area (Å²) in [6, 6.07) is 4.65. The molecule has 1 aromatic carbocycles. The number of carboxylic acid groups (broad SMARTS) is 1. The summed E-state index contributed by atoms with van der Waals surface area (Å²) in [5.74, 6) is 0.104. The van der Waals surface area contributed by atoms with E-state index in [1.807, 2.05) is 0 Å². The Bertz CT molecular complexity index is 615. The maximum absolute atomic E-state index is 11.9. The summed E-state index contributed by atoms with van der Waals surface area (Å²) in [6.07, 6.45) is -0.476. The number of nitrogens with one attached hydrogen (secondary N) is 2. The fourth-order valence-electron chi connectivity index (χ4n) is 2.76. The molecule has 0 aliphatic carbocycles. The molecule has 1 fully saturated rings. The first-order chi connectivity index (χ1) is 11.4. The van der Waals surface area contributed by atoms with Crippen LogP contribution in [0.15, 0.2) is 18.2 Å². The number of hydrogen-bond donors (Lipinski definition) is 3. The first kappa shape index (κ1) is 19.0. The van der Waals surface area contributed by atoms with Gasteiger partial charge in [-0.15, -0.1) is 11.6 Å². The number of nitrogens with zero attached hydrogens (tertiary/aromatic N) is 1. The molecule has 2 atom stereocenters. The molecule has 0 saturated carbocycles. The number of carbonyl (C=O) groups excluding carboxylic acids is 1. The molecule has 0 bridgehead atoms. The summed E-state index contributed by atoms with van der Waals surface area (Å²) in [4.78, 5) is 24.5. The van der Waals surface area contributed by atoms with E-state index >= 15 is 0 Å². The van der Waals surface area contributed by atoms with Crippen LogP contribution in [0.25, 0.3) is 0 Å². The van der Waals surface area contributed by atoms with Crippen molar-refractivity contribution in [2.75, 3.05) is 25.5 Å². The maximum Gasteiger partial charge on any atom is 0.407 e. The molecule has 0 unspecified atom stereocenters. The zero-order valence-electron chi connectivity index (χ0n) is 12.8. The van der Waals surface area contributed by atoms with Crippen molar-refractivity contribution in [2.45, 2.75) is 18.4 Å². The molecule has 1 aliphatic rings. The molecule has 3 N–H and O–H groups in total. The van der Waals surface area contributed by atoms with Crippen molar-refractivity contribution in [1.82, 2.24) is 15.5 Å². The van der Waals surface area contributed by atoms with Crippen LogP contribution in [0.2, 0.25) is 10.0 Å². The number of amides is 3. The monoisotopic (exact) mass is 393 g/mol.